The Labute approximate surface area is 146 Å². The first-order chi connectivity index (χ1) is 12.3. The van der Waals surface area contributed by atoms with Gasteiger partial charge in [-0.1, -0.05) is 12.1 Å². The fourth-order valence-corrected chi connectivity index (χ4v) is 3.33. The van der Waals surface area contributed by atoms with Crippen molar-refractivity contribution in [2.45, 2.75) is 12.8 Å². The van der Waals surface area contributed by atoms with E-state index >= 15 is 0 Å². The third-order valence-corrected chi connectivity index (χ3v) is 4.66. The van der Waals surface area contributed by atoms with E-state index in [4.69, 9.17) is 4.74 Å². The molecule has 4 aromatic rings. The van der Waals surface area contributed by atoms with Gasteiger partial charge in [0.05, 0.1) is 27.3 Å². The monoisotopic (exact) mass is 351 g/mol. The summed E-state index contributed by atoms with van der Waals surface area (Å²) in [5.41, 5.74) is 1.76. The van der Waals surface area contributed by atoms with Gasteiger partial charge in [0.25, 0.3) is 0 Å². The Morgan fingerprint density at radius 2 is 1.96 bits per heavy atom. The van der Waals surface area contributed by atoms with Gasteiger partial charge in [-0.15, -0.1) is 16.4 Å². The zero-order valence-electron chi connectivity index (χ0n) is 13.1. The minimum atomic E-state index is -0.283. The number of hydrogen-bond acceptors (Lipinski definition) is 7. The SMILES string of the molecule is O=C(CCc1nc2ccccc2s1)Oc1ccc(-n2cnnn2)cc1. The van der Waals surface area contributed by atoms with Gasteiger partial charge in [0.1, 0.15) is 12.1 Å². The first kappa shape index (κ1) is 15.4. The van der Waals surface area contributed by atoms with Crippen LogP contribution in [0.15, 0.2) is 54.9 Å². The van der Waals surface area contributed by atoms with Gasteiger partial charge in [0, 0.05) is 6.42 Å². The molecule has 0 fully saturated rings. The summed E-state index contributed by atoms with van der Waals surface area (Å²) in [5, 5.41) is 11.9. The van der Waals surface area contributed by atoms with Crippen molar-refractivity contribution in [1.82, 2.24) is 25.2 Å². The molecule has 0 aliphatic heterocycles. The third-order valence-electron chi connectivity index (χ3n) is 3.56. The van der Waals surface area contributed by atoms with Crippen LogP contribution >= 0.6 is 11.3 Å². The van der Waals surface area contributed by atoms with Crippen LogP contribution in [0.4, 0.5) is 0 Å². The molecular formula is C17H13N5O2S. The molecule has 0 saturated carbocycles. The number of para-hydroxylation sites is 1. The van der Waals surface area contributed by atoms with Gasteiger partial charge < -0.3 is 4.74 Å². The molecule has 0 atom stereocenters. The molecule has 0 aliphatic rings. The molecule has 7 nitrogen and oxygen atoms in total. The predicted octanol–water partition coefficient (Wildman–Crippen LogP) is 2.81. The lowest BCUT2D eigenvalue weighted by molar-refractivity contribution is -0.134. The summed E-state index contributed by atoms with van der Waals surface area (Å²) in [6.07, 6.45) is 2.36. The van der Waals surface area contributed by atoms with Gasteiger partial charge in [-0.05, 0) is 46.8 Å². The largest absolute Gasteiger partial charge is 0.427 e. The van der Waals surface area contributed by atoms with E-state index < -0.39 is 0 Å². The van der Waals surface area contributed by atoms with Crippen molar-refractivity contribution in [1.29, 1.82) is 0 Å². The number of aryl methyl sites for hydroxylation is 1. The Bertz CT molecular complexity index is 963. The van der Waals surface area contributed by atoms with Crippen molar-refractivity contribution in [2.24, 2.45) is 0 Å². The highest BCUT2D eigenvalue weighted by Gasteiger charge is 2.09. The topological polar surface area (TPSA) is 82.8 Å². The number of fused-ring (bicyclic) bond motifs is 1. The summed E-state index contributed by atoms with van der Waals surface area (Å²) in [7, 11) is 0. The maximum absolute atomic E-state index is 12.0. The van der Waals surface area contributed by atoms with E-state index in [9.17, 15) is 4.79 Å². The molecule has 4 rings (SSSR count). The van der Waals surface area contributed by atoms with Crippen LogP contribution in [-0.2, 0) is 11.2 Å². The molecule has 0 amide bonds. The molecule has 124 valence electrons. The van der Waals surface area contributed by atoms with E-state index in [-0.39, 0.29) is 12.4 Å². The quantitative estimate of drug-likeness (QED) is 0.406. The molecule has 0 unspecified atom stereocenters. The standard InChI is InChI=1S/C17H13N5O2S/c23-17(10-9-16-19-14-3-1-2-4-15(14)25-16)24-13-7-5-12(6-8-13)22-11-18-20-21-22/h1-8,11H,9-10H2. The zero-order chi connectivity index (χ0) is 17.1. The molecule has 8 heteroatoms. The normalized spacial score (nSPS) is 10.9. The number of thiazole rings is 1. The molecule has 0 spiro atoms. The van der Waals surface area contributed by atoms with Gasteiger partial charge in [-0.2, -0.15) is 0 Å². The van der Waals surface area contributed by atoms with Crippen LogP contribution in [0.3, 0.4) is 0 Å². The lowest BCUT2D eigenvalue weighted by atomic mass is 10.3. The van der Waals surface area contributed by atoms with Crippen LogP contribution < -0.4 is 4.74 Å². The first-order valence-electron chi connectivity index (χ1n) is 7.66. The molecule has 2 aromatic heterocycles. The Hall–Kier alpha value is -3.13. The van der Waals surface area contributed by atoms with Crippen LogP contribution in [0.25, 0.3) is 15.9 Å². The smallest absolute Gasteiger partial charge is 0.311 e. The number of esters is 1. The van der Waals surface area contributed by atoms with Crippen molar-refractivity contribution in [2.75, 3.05) is 0 Å². The fraction of sp³-hybridized carbons (Fsp3) is 0.118. The number of carbonyl (C=O) groups excluding carboxylic acids is 1. The number of rotatable bonds is 5. The predicted molar refractivity (Wildman–Crippen MR) is 92.7 cm³/mol. The Morgan fingerprint density at radius 3 is 2.72 bits per heavy atom. The molecule has 0 saturated heterocycles. The molecule has 0 radical (unpaired) electrons. The second-order valence-electron chi connectivity index (χ2n) is 5.30. The van der Waals surface area contributed by atoms with Gasteiger partial charge in [0.15, 0.2) is 0 Å². The molecule has 0 N–H and O–H groups in total. The summed E-state index contributed by atoms with van der Waals surface area (Å²) in [6.45, 7) is 0. The number of ether oxygens (including phenoxy) is 1. The van der Waals surface area contributed by atoms with E-state index in [0.29, 0.717) is 12.2 Å². The van der Waals surface area contributed by atoms with E-state index in [0.717, 1.165) is 20.9 Å². The van der Waals surface area contributed by atoms with Crippen molar-refractivity contribution in [3.63, 3.8) is 0 Å². The highest BCUT2D eigenvalue weighted by Crippen LogP contribution is 2.22. The van der Waals surface area contributed by atoms with Crippen molar-refractivity contribution >= 4 is 27.5 Å². The van der Waals surface area contributed by atoms with Crippen LogP contribution in [0.1, 0.15) is 11.4 Å². The summed E-state index contributed by atoms with van der Waals surface area (Å²) >= 11 is 1.61. The summed E-state index contributed by atoms with van der Waals surface area (Å²) < 4.78 is 8.01. The van der Waals surface area contributed by atoms with Gasteiger partial charge in [0.2, 0.25) is 0 Å². The molecule has 0 bridgehead atoms. The Balaban J connectivity index is 1.35. The van der Waals surface area contributed by atoms with E-state index in [1.807, 2.05) is 24.3 Å². The van der Waals surface area contributed by atoms with Crippen molar-refractivity contribution in [3.05, 3.63) is 59.9 Å². The van der Waals surface area contributed by atoms with E-state index in [1.54, 1.807) is 35.6 Å². The molecule has 2 heterocycles. The Kier molecular flexibility index (Phi) is 4.17. The number of hydrogen-bond donors (Lipinski definition) is 0. The number of aromatic nitrogens is 5. The van der Waals surface area contributed by atoms with Gasteiger partial charge >= 0.3 is 5.97 Å². The maximum Gasteiger partial charge on any atom is 0.311 e. The minimum Gasteiger partial charge on any atom is -0.427 e. The summed E-state index contributed by atoms with van der Waals surface area (Å²) in [4.78, 5) is 16.6. The van der Waals surface area contributed by atoms with Crippen molar-refractivity contribution < 1.29 is 9.53 Å². The highest BCUT2D eigenvalue weighted by molar-refractivity contribution is 7.18. The summed E-state index contributed by atoms with van der Waals surface area (Å²) in [6, 6.07) is 14.9. The summed E-state index contributed by atoms with van der Waals surface area (Å²) in [5.74, 6) is 0.209. The maximum atomic E-state index is 12.0. The minimum absolute atomic E-state index is 0.283. The van der Waals surface area contributed by atoms with Crippen LogP contribution in [0.2, 0.25) is 0 Å². The van der Waals surface area contributed by atoms with Gasteiger partial charge in [-0.25, -0.2) is 9.67 Å². The van der Waals surface area contributed by atoms with Crippen LogP contribution in [0, 0.1) is 0 Å². The number of tetrazole rings is 1. The molecular weight excluding hydrogens is 338 g/mol. The zero-order valence-corrected chi connectivity index (χ0v) is 13.9. The average Bonchev–Trinajstić information content (AvgIpc) is 3.30. The van der Waals surface area contributed by atoms with Gasteiger partial charge in [-0.3, -0.25) is 4.79 Å². The molecule has 0 aliphatic carbocycles. The second-order valence-corrected chi connectivity index (χ2v) is 6.41. The second kappa shape index (κ2) is 6.78. The number of carbonyl (C=O) groups is 1. The van der Waals surface area contributed by atoms with Crippen LogP contribution in [-0.4, -0.2) is 31.2 Å². The lowest BCUT2D eigenvalue weighted by Crippen LogP contribution is -2.09. The highest BCUT2D eigenvalue weighted by atomic mass is 32.1. The Morgan fingerprint density at radius 1 is 1.12 bits per heavy atom. The molecule has 2 aromatic carbocycles. The first-order valence-corrected chi connectivity index (χ1v) is 8.48. The number of nitrogens with zero attached hydrogens (tertiary/aromatic N) is 5. The average molecular weight is 351 g/mol. The third kappa shape index (κ3) is 3.53. The van der Waals surface area contributed by atoms with Crippen molar-refractivity contribution in [3.8, 4) is 11.4 Å². The van der Waals surface area contributed by atoms with E-state index in [1.165, 1.54) is 11.0 Å². The number of benzene rings is 2. The lowest BCUT2D eigenvalue weighted by Gasteiger charge is -2.04. The molecule has 25 heavy (non-hydrogen) atoms. The van der Waals surface area contributed by atoms with Crippen LogP contribution in [0.5, 0.6) is 5.75 Å². The van der Waals surface area contributed by atoms with E-state index in [2.05, 4.69) is 20.5 Å². The fourth-order valence-electron chi connectivity index (χ4n) is 2.36.